The van der Waals surface area contributed by atoms with Crippen molar-refractivity contribution in [1.29, 1.82) is 0 Å². The third-order valence-electron chi connectivity index (χ3n) is 4.01. The zero-order valence-corrected chi connectivity index (χ0v) is 18.7. The third-order valence-corrected chi connectivity index (χ3v) is 4.01. The van der Waals surface area contributed by atoms with Crippen LogP contribution in [0.5, 0.6) is 11.5 Å². The van der Waals surface area contributed by atoms with Crippen LogP contribution in [0.1, 0.15) is 24.5 Å². The molecule has 0 aliphatic carbocycles. The minimum atomic E-state index is 0. The summed E-state index contributed by atoms with van der Waals surface area (Å²) in [7, 11) is 3.48. The Morgan fingerprint density at radius 3 is 2.63 bits per heavy atom. The standard InChI is InChI=1S/C21H29N3O2.HI/c1-4-26-20-13-6-5-11-18(20)16-24-21(22-2)23-14-8-10-17-9-7-12-19(15-17)25-3;/h5-7,9,11-13,15H,4,8,10,14,16H2,1-3H3,(H2,22,23,24);1H. The third kappa shape index (κ3) is 8.07. The van der Waals surface area contributed by atoms with Crippen LogP contribution in [0.2, 0.25) is 0 Å². The monoisotopic (exact) mass is 483 g/mol. The number of guanidine groups is 1. The molecule has 0 heterocycles. The molecule has 2 aromatic carbocycles. The van der Waals surface area contributed by atoms with Crippen molar-refractivity contribution in [3.05, 3.63) is 59.7 Å². The molecule has 0 atom stereocenters. The molecule has 0 bridgehead atoms. The van der Waals surface area contributed by atoms with Gasteiger partial charge in [-0.3, -0.25) is 4.99 Å². The SMILES string of the molecule is CCOc1ccccc1CNC(=NC)NCCCc1cccc(OC)c1.I. The van der Waals surface area contributed by atoms with E-state index >= 15 is 0 Å². The average molecular weight is 483 g/mol. The maximum Gasteiger partial charge on any atom is 0.191 e. The van der Waals surface area contributed by atoms with E-state index in [0.29, 0.717) is 13.2 Å². The molecule has 2 aromatic rings. The number of hydrogen-bond donors (Lipinski definition) is 2. The Kier molecular flexibility index (Phi) is 11.3. The van der Waals surface area contributed by atoms with E-state index in [1.807, 2.05) is 37.3 Å². The Morgan fingerprint density at radius 1 is 1.07 bits per heavy atom. The van der Waals surface area contributed by atoms with Crippen LogP contribution in [-0.2, 0) is 13.0 Å². The Hall–Kier alpha value is -1.96. The summed E-state index contributed by atoms with van der Waals surface area (Å²) in [4.78, 5) is 4.28. The number of ether oxygens (including phenoxy) is 2. The molecule has 0 aliphatic heterocycles. The molecule has 2 N–H and O–H groups in total. The number of benzene rings is 2. The van der Waals surface area contributed by atoms with Gasteiger partial charge in [0.25, 0.3) is 0 Å². The summed E-state index contributed by atoms with van der Waals surface area (Å²) < 4.78 is 10.9. The topological polar surface area (TPSA) is 54.9 Å². The van der Waals surface area contributed by atoms with E-state index in [1.54, 1.807) is 14.2 Å². The first-order chi connectivity index (χ1) is 12.8. The number of hydrogen-bond acceptors (Lipinski definition) is 3. The molecule has 0 aromatic heterocycles. The predicted octanol–water partition coefficient (Wildman–Crippen LogP) is 4.01. The Labute approximate surface area is 179 Å². The van der Waals surface area contributed by atoms with Gasteiger partial charge in [0.1, 0.15) is 11.5 Å². The quantitative estimate of drug-likeness (QED) is 0.245. The van der Waals surface area contributed by atoms with E-state index in [0.717, 1.165) is 42.4 Å². The van der Waals surface area contributed by atoms with Crippen LogP contribution in [0.25, 0.3) is 0 Å². The van der Waals surface area contributed by atoms with Gasteiger partial charge >= 0.3 is 0 Å². The second-order valence-corrected chi connectivity index (χ2v) is 5.85. The number of aliphatic imine (C=N–C) groups is 1. The van der Waals surface area contributed by atoms with E-state index in [1.165, 1.54) is 5.56 Å². The fourth-order valence-corrected chi connectivity index (χ4v) is 2.67. The second kappa shape index (κ2) is 13.2. The number of aryl methyl sites for hydroxylation is 1. The summed E-state index contributed by atoms with van der Waals surface area (Å²) in [5, 5.41) is 6.70. The van der Waals surface area contributed by atoms with Crippen molar-refractivity contribution in [3.63, 3.8) is 0 Å². The Bertz CT molecular complexity index is 707. The van der Waals surface area contributed by atoms with Crippen LogP contribution in [0.3, 0.4) is 0 Å². The van der Waals surface area contributed by atoms with Crippen molar-refractivity contribution in [3.8, 4) is 11.5 Å². The van der Waals surface area contributed by atoms with E-state index in [2.05, 4.69) is 33.8 Å². The van der Waals surface area contributed by atoms with Gasteiger partial charge in [0.15, 0.2) is 5.96 Å². The van der Waals surface area contributed by atoms with E-state index in [9.17, 15) is 0 Å². The summed E-state index contributed by atoms with van der Waals surface area (Å²) in [6.07, 6.45) is 2.01. The molecule has 0 saturated heterocycles. The Morgan fingerprint density at radius 2 is 1.89 bits per heavy atom. The lowest BCUT2D eigenvalue weighted by molar-refractivity contribution is 0.336. The number of halogens is 1. The highest BCUT2D eigenvalue weighted by molar-refractivity contribution is 14.0. The molecule has 0 unspecified atom stereocenters. The lowest BCUT2D eigenvalue weighted by atomic mass is 10.1. The second-order valence-electron chi connectivity index (χ2n) is 5.85. The van der Waals surface area contributed by atoms with Crippen LogP contribution >= 0.6 is 24.0 Å². The molecular formula is C21H30IN3O2. The lowest BCUT2D eigenvalue weighted by Gasteiger charge is -2.14. The van der Waals surface area contributed by atoms with Gasteiger partial charge in [-0.25, -0.2) is 0 Å². The normalized spacial score (nSPS) is 10.7. The zero-order valence-electron chi connectivity index (χ0n) is 16.3. The number of methoxy groups -OCH3 is 1. The number of nitrogens with one attached hydrogen (secondary N) is 2. The van der Waals surface area contributed by atoms with Crippen LogP contribution in [-0.4, -0.2) is 33.3 Å². The predicted molar refractivity (Wildman–Crippen MR) is 123 cm³/mol. The highest BCUT2D eigenvalue weighted by atomic mass is 127. The van der Waals surface area contributed by atoms with Gasteiger partial charge < -0.3 is 20.1 Å². The molecule has 148 valence electrons. The first-order valence-electron chi connectivity index (χ1n) is 9.05. The molecule has 2 rings (SSSR count). The summed E-state index contributed by atoms with van der Waals surface area (Å²) in [6.45, 7) is 4.18. The number of para-hydroxylation sites is 1. The van der Waals surface area contributed by atoms with Gasteiger partial charge in [-0.1, -0.05) is 30.3 Å². The Balaban J connectivity index is 0.00000364. The maximum absolute atomic E-state index is 5.66. The fourth-order valence-electron chi connectivity index (χ4n) is 2.67. The molecule has 0 spiro atoms. The first kappa shape index (κ1) is 23.1. The van der Waals surface area contributed by atoms with Crippen molar-refractivity contribution < 1.29 is 9.47 Å². The van der Waals surface area contributed by atoms with E-state index in [4.69, 9.17) is 9.47 Å². The van der Waals surface area contributed by atoms with Crippen LogP contribution in [0.4, 0.5) is 0 Å². The number of nitrogens with zero attached hydrogens (tertiary/aromatic N) is 1. The van der Waals surface area contributed by atoms with Gasteiger partial charge in [-0.2, -0.15) is 0 Å². The van der Waals surface area contributed by atoms with Gasteiger partial charge in [0.05, 0.1) is 13.7 Å². The highest BCUT2D eigenvalue weighted by Gasteiger charge is 2.04. The minimum absolute atomic E-state index is 0. The summed E-state index contributed by atoms with van der Waals surface area (Å²) in [5.74, 6) is 2.61. The van der Waals surface area contributed by atoms with Crippen molar-refractivity contribution >= 4 is 29.9 Å². The summed E-state index contributed by atoms with van der Waals surface area (Å²) in [6, 6.07) is 16.3. The molecular weight excluding hydrogens is 453 g/mol. The molecule has 27 heavy (non-hydrogen) atoms. The largest absolute Gasteiger partial charge is 0.497 e. The van der Waals surface area contributed by atoms with Crippen molar-refractivity contribution in [2.45, 2.75) is 26.3 Å². The summed E-state index contributed by atoms with van der Waals surface area (Å²) in [5.41, 5.74) is 2.40. The van der Waals surface area contributed by atoms with E-state index < -0.39 is 0 Å². The van der Waals surface area contributed by atoms with Gasteiger partial charge in [0.2, 0.25) is 0 Å². The first-order valence-corrected chi connectivity index (χ1v) is 9.05. The molecule has 0 aliphatic rings. The molecule has 5 nitrogen and oxygen atoms in total. The van der Waals surface area contributed by atoms with Crippen LogP contribution in [0, 0.1) is 0 Å². The van der Waals surface area contributed by atoms with Crippen molar-refractivity contribution in [1.82, 2.24) is 10.6 Å². The maximum atomic E-state index is 5.66. The minimum Gasteiger partial charge on any atom is -0.497 e. The smallest absolute Gasteiger partial charge is 0.191 e. The number of rotatable bonds is 9. The fraction of sp³-hybridized carbons (Fsp3) is 0.381. The highest BCUT2D eigenvalue weighted by Crippen LogP contribution is 2.17. The average Bonchev–Trinajstić information content (AvgIpc) is 2.69. The molecule has 0 radical (unpaired) electrons. The van der Waals surface area contributed by atoms with Crippen molar-refractivity contribution in [2.24, 2.45) is 4.99 Å². The van der Waals surface area contributed by atoms with Gasteiger partial charge in [0, 0.05) is 25.7 Å². The zero-order chi connectivity index (χ0) is 18.6. The van der Waals surface area contributed by atoms with E-state index in [-0.39, 0.29) is 24.0 Å². The molecule has 0 saturated carbocycles. The lowest BCUT2D eigenvalue weighted by Crippen LogP contribution is -2.37. The molecule has 6 heteroatoms. The van der Waals surface area contributed by atoms with Crippen LogP contribution < -0.4 is 20.1 Å². The van der Waals surface area contributed by atoms with Gasteiger partial charge in [-0.05, 0) is 43.5 Å². The molecule has 0 fully saturated rings. The summed E-state index contributed by atoms with van der Waals surface area (Å²) >= 11 is 0. The molecule has 0 amide bonds. The van der Waals surface area contributed by atoms with Crippen molar-refractivity contribution in [2.75, 3.05) is 27.3 Å². The van der Waals surface area contributed by atoms with Crippen LogP contribution in [0.15, 0.2) is 53.5 Å². The van der Waals surface area contributed by atoms with Gasteiger partial charge in [-0.15, -0.1) is 24.0 Å².